The van der Waals surface area contributed by atoms with Crippen LogP contribution in [-0.2, 0) is 30.3 Å². The van der Waals surface area contributed by atoms with E-state index < -0.39 is 29.9 Å². The summed E-state index contributed by atoms with van der Waals surface area (Å²) in [5.74, 6) is 1.10. The van der Waals surface area contributed by atoms with Gasteiger partial charge in [0, 0.05) is 32.0 Å². The normalized spacial score (nSPS) is 47.9. The Balaban J connectivity index is 1.00. The predicted molar refractivity (Wildman–Crippen MR) is 194 cm³/mol. The van der Waals surface area contributed by atoms with E-state index in [0.717, 1.165) is 38.9 Å². The smallest absolute Gasteiger partial charge is 0.303 e. The first kappa shape index (κ1) is 36.4. The average molecular weight is 708 g/mol. The van der Waals surface area contributed by atoms with Crippen LogP contribution in [0.5, 0.6) is 0 Å². The molecular weight excluding hydrogens is 642 g/mol. The molecule has 7 aliphatic rings. The van der Waals surface area contributed by atoms with Crippen molar-refractivity contribution >= 4 is 5.97 Å². The van der Waals surface area contributed by atoms with Gasteiger partial charge < -0.3 is 29.2 Å². The van der Waals surface area contributed by atoms with Crippen LogP contribution in [0.2, 0.25) is 0 Å². The molecule has 1 aromatic rings. The lowest BCUT2D eigenvalue weighted by molar-refractivity contribution is -0.249. The fourth-order valence-electron chi connectivity index (χ4n) is 14.5. The largest absolute Gasteiger partial charge is 0.457 e. The van der Waals surface area contributed by atoms with Crippen LogP contribution >= 0.6 is 0 Å². The minimum atomic E-state index is -1.25. The molecule has 0 aromatic heterocycles. The lowest BCUT2D eigenvalue weighted by Crippen LogP contribution is -2.60. The highest BCUT2D eigenvalue weighted by molar-refractivity contribution is 5.66. The Kier molecular flexibility index (Phi) is 8.73. The van der Waals surface area contributed by atoms with Crippen LogP contribution in [-0.4, -0.2) is 83.2 Å². The van der Waals surface area contributed by atoms with Crippen molar-refractivity contribution in [1.82, 2.24) is 4.90 Å². The molecule has 284 valence electrons. The fourth-order valence-corrected chi connectivity index (χ4v) is 14.5. The zero-order chi connectivity index (χ0) is 36.4. The second-order valence-corrected chi connectivity index (χ2v) is 19.9. The summed E-state index contributed by atoms with van der Waals surface area (Å²) in [6.07, 6.45) is 6.66. The van der Waals surface area contributed by atoms with E-state index in [9.17, 15) is 15.0 Å². The summed E-state index contributed by atoms with van der Waals surface area (Å²) in [6, 6.07) is 10.7. The Labute approximate surface area is 306 Å². The average Bonchev–Trinajstić information content (AvgIpc) is 3.70. The van der Waals surface area contributed by atoms with Crippen LogP contribution in [0.3, 0.4) is 0 Å². The predicted octanol–water partition coefficient (Wildman–Crippen LogP) is 6.75. The molecule has 8 nitrogen and oxygen atoms in total. The molecule has 7 fully saturated rings. The number of hydrogen-bond acceptors (Lipinski definition) is 8. The third-order valence-electron chi connectivity index (χ3n) is 16.8. The highest BCUT2D eigenvalue weighted by Gasteiger charge is 2.84. The van der Waals surface area contributed by atoms with Crippen LogP contribution in [0.25, 0.3) is 0 Å². The quantitative estimate of drug-likeness (QED) is 0.301. The topological polar surface area (TPSA) is 97.7 Å². The number of esters is 1. The maximum atomic E-state index is 12.6. The van der Waals surface area contributed by atoms with Crippen molar-refractivity contribution < 1.29 is 34.0 Å². The summed E-state index contributed by atoms with van der Waals surface area (Å²) in [4.78, 5) is 14.6. The van der Waals surface area contributed by atoms with Crippen LogP contribution in [0.1, 0.15) is 112 Å². The number of ether oxygens (including phenoxy) is 4. The summed E-state index contributed by atoms with van der Waals surface area (Å²) in [5.41, 5.74) is 0.341. The van der Waals surface area contributed by atoms with Crippen LogP contribution in [0.15, 0.2) is 30.3 Å². The molecule has 1 aromatic carbocycles. The van der Waals surface area contributed by atoms with Crippen molar-refractivity contribution in [1.29, 1.82) is 0 Å². The number of aliphatic hydroxyl groups is 2. The molecule has 2 heterocycles. The second-order valence-electron chi connectivity index (χ2n) is 19.9. The molecule has 2 N–H and O–H groups in total. The van der Waals surface area contributed by atoms with Crippen molar-refractivity contribution in [3.8, 4) is 0 Å². The van der Waals surface area contributed by atoms with Crippen molar-refractivity contribution in [3.05, 3.63) is 35.9 Å². The standard InChI is InChI=1S/C43H65NO7/c1-26-22-29(37(39(5,6)47)49-27(2)45)50-35-34(26)40(7)18-19-43-25-42(43)17-16-32(38(3,4)30(42)14-15-31(43)41(40,8)36(35)46)51-33-24-44(20-21-48-33)23-28-12-10-9-11-13-28/h9-13,26,29-37,46-47H,14-25H2,1-8H3/t26-,29-,30+,31+,32+,33+,34+,35+,36+,37+,40-,41-,42?,43+/m1/s1. The highest BCUT2D eigenvalue weighted by atomic mass is 16.7. The van der Waals surface area contributed by atoms with E-state index in [1.54, 1.807) is 13.8 Å². The highest BCUT2D eigenvalue weighted by Crippen LogP contribution is 2.89. The number of nitrogens with zero attached hydrogens (tertiary/aromatic N) is 1. The van der Waals surface area contributed by atoms with Gasteiger partial charge in [0.2, 0.25) is 0 Å². The van der Waals surface area contributed by atoms with E-state index >= 15 is 0 Å². The zero-order valence-corrected chi connectivity index (χ0v) is 32.5. The molecular formula is C43H65NO7. The van der Waals surface area contributed by atoms with Gasteiger partial charge in [-0.2, -0.15) is 0 Å². The molecule has 0 bridgehead atoms. The van der Waals surface area contributed by atoms with Gasteiger partial charge in [-0.05, 0) is 116 Å². The second kappa shape index (κ2) is 12.2. The van der Waals surface area contributed by atoms with Crippen LogP contribution < -0.4 is 0 Å². The van der Waals surface area contributed by atoms with Gasteiger partial charge in [0.1, 0.15) is 0 Å². The Morgan fingerprint density at radius 1 is 1.04 bits per heavy atom. The van der Waals surface area contributed by atoms with Gasteiger partial charge in [0.25, 0.3) is 0 Å². The molecule has 5 aliphatic carbocycles. The molecule has 2 aliphatic heterocycles. The molecule has 8 rings (SSSR count). The fraction of sp³-hybridized carbons (Fsp3) is 0.837. The number of benzene rings is 1. The number of rotatable bonds is 7. The SMILES string of the molecule is CC(=O)O[C@@H]([C@H]1C[C@@H](C)[C@H]2[C@H](O1)[C@H](O)[C@@]1(C)[C@@H]3CC[C@H]4C(C)(C)[C@@H](O[C@H]5CN(Cc6ccccc6)CCO5)CCC45C[C@@]35CC[C@]21C)C(C)(C)O. The van der Waals surface area contributed by atoms with E-state index in [1.165, 1.54) is 38.2 Å². The lowest BCUT2D eigenvalue weighted by atomic mass is 9.41. The molecule has 14 atom stereocenters. The maximum absolute atomic E-state index is 12.6. The van der Waals surface area contributed by atoms with Crippen molar-refractivity contribution in [2.45, 2.75) is 156 Å². The van der Waals surface area contributed by atoms with Crippen molar-refractivity contribution in [2.75, 3.05) is 19.7 Å². The molecule has 0 radical (unpaired) electrons. The van der Waals surface area contributed by atoms with Gasteiger partial charge in [-0.15, -0.1) is 0 Å². The summed E-state index contributed by atoms with van der Waals surface area (Å²) in [5, 5.41) is 23.7. The van der Waals surface area contributed by atoms with Crippen molar-refractivity contribution in [2.24, 2.45) is 50.7 Å². The van der Waals surface area contributed by atoms with Gasteiger partial charge in [-0.1, -0.05) is 65.0 Å². The molecule has 2 spiro atoms. The Hall–Kier alpha value is -1.55. The molecule has 2 saturated heterocycles. The van der Waals surface area contributed by atoms with Gasteiger partial charge >= 0.3 is 5.97 Å². The van der Waals surface area contributed by atoms with E-state index in [4.69, 9.17) is 18.9 Å². The lowest BCUT2D eigenvalue weighted by Gasteiger charge is -2.64. The number of morpholine rings is 1. The number of hydrogen-bond donors (Lipinski definition) is 2. The first-order chi connectivity index (χ1) is 24.0. The molecule has 1 unspecified atom stereocenters. The third-order valence-corrected chi connectivity index (χ3v) is 16.8. The summed E-state index contributed by atoms with van der Waals surface area (Å²) >= 11 is 0. The summed E-state index contributed by atoms with van der Waals surface area (Å²) < 4.78 is 25.8. The van der Waals surface area contributed by atoms with E-state index in [0.29, 0.717) is 30.3 Å². The van der Waals surface area contributed by atoms with E-state index in [2.05, 4.69) is 69.9 Å². The van der Waals surface area contributed by atoms with Crippen LogP contribution in [0, 0.1) is 50.7 Å². The maximum Gasteiger partial charge on any atom is 0.303 e. The Morgan fingerprint density at radius 3 is 2.45 bits per heavy atom. The van der Waals surface area contributed by atoms with Gasteiger partial charge in [0.15, 0.2) is 12.4 Å². The van der Waals surface area contributed by atoms with Gasteiger partial charge in [-0.3, -0.25) is 9.69 Å². The number of aliphatic hydroxyl groups excluding tert-OH is 1. The summed E-state index contributed by atoms with van der Waals surface area (Å²) in [7, 11) is 0. The number of fused-ring (bicyclic) bond motifs is 4. The van der Waals surface area contributed by atoms with E-state index in [-0.39, 0.29) is 52.0 Å². The third kappa shape index (κ3) is 5.30. The number of carbonyl (C=O) groups is 1. The first-order valence-corrected chi connectivity index (χ1v) is 20.2. The Morgan fingerprint density at radius 2 is 1.75 bits per heavy atom. The minimum absolute atomic E-state index is 0.0371. The monoisotopic (exact) mass is 707 g/mol. The van der Waals surface area contributed by atoms with Gasteiger partial charge in [-0.25, -0.2) is 0 Å². The number of carbonyl (C=O) groups excluding carboxylic acids is 1. The van der Waals surface area contributed by atoms with Crippen molar-refractivity contribution in [3.63, 3.8) is 0 Å². The van der Waals surface area contributed by atoms with E-state index in [1.807, 2.05) is 0 Å². The van der Waals surface area contributed by atoms with Crippen LogP contribution in [0.4, 0.5) is 0 Å². The first-order valence-electron chi connectivity index (χ1n) is 20.2. The zero-order valence-electron chi connectivity index (χ0n) is 32.5. The summed E-state index contributed by atoms with van der Waals surface area (Å²) in [6.45, 7) is 20.3. The molecule has 0 amide bonds. The molecule has 5 saturated carbocycles. The minimum Gasteiger partial charge on any atom is -0.457 e. The Bertz CT molecular complexity index is 1480. The van der Waals surface area contributed by atoms with Gasteiger partial charge in [0.05, 0.1) is 36.6 Å². The molecule has 51 heavy (non-hydrogen) atoms. The molecule has 8 heteroatoms.